The van der Waals surface area contributed by atoms with Crippen LogP contribution in [0, 0.1) is 23.7 Å². The van der Waals surface area contributed by atoms with Crippen LogP contribution in [-0.2, 0) is 14.3 Å². The highest BCUT2D eigenvalue weighted by atomic mass is 16.5. The largest absolute Gasteiger partial charge is 0.465 e. The predicted molar refractivity (Wildman–Crippen MR) is 214 cm³/mol. The lowest BCUT2D eigenvalue weighted by molar-refractivity contribution is -0.136. The van der Waals surface area contributed by atoms with Gasteiger partial charge in [0, 0.05) is 24.2 Å². The van der Waals surface area contributed by atoms with E-state index >= 15 is 0 Å². The maximum Gasteiger partial charge on any atom is 0.407 e. The number of hydrogen-bond donors (Lipinski definition) is 5. The fraction of sp³-hybridized carbons (Fsp3) is 0.349. The van der Waals surface area contributed by atoms with E-state index in [1.165, 1.54) is 7.11 Å². The van der Waals surface area contributed by atoms with E-state index < -0.39 is 24.3 Å². The van der Waals surface area contributed by atoms with Crippen molar-refractivity contribution in [1.29, 1.82) is 0 Å². The van der Waals surface area contributed by atoms with E-state index in [1.54, 1.807) is 36.0 Å². The number of amides is 4. The van der Waals surface area contributed by atoms with Gasteiger partial charge in [-0.25, -0.2) is 19.6 Å². The average Bonchev–Trinajstić information content (AvgIpc) is 4.01. The number of nitrogens with one attached hydrogen (secondary N) is 4. The van der Waals surface area contributed by atoms with Crippen molar-refractivity contribution in [3.8, 4) is 34.4 Å². The quantitative estimate of drug-likeness (QED) is 0.0932. The number of aromatic nitrogens is 4. The summed E-state index contributed by atoms with van der Waals surface area (Å²) in [6.07, 6.45) is 2.67. The molecular weight excluding hydrogens is 725 g/mol. The maximum atomic E-state index is 13.6. The topological polar surface area (TPSA) is 186 Å². The van der Waals surface area contributed by atoms with Crippen LogP contribution in [0.15, 0.2) is 85.2 Å². The van der Waals surface area contributed by atoms with Crippen LogP contribution >= 0.6 is 0 Å². The fourth-order valence-electron chi connectivity index (χ4n) is 7.17. The van der Waals surface area contributed by atoms with E-state index in [2.05, 4.69) is 55.6 Å². The minimum Gasteiger partial charge on any atom is -0.465 e. The van der Waals surface area contributed by atoms with Crippen molar-refractivity contribution < 1.29 is 29.0 Å². The lowest BCUT2D eigenvalue weighted by Gasteiger charge is -2.29. The number of alkyl carbamates (subject to hydrolysis) is 1. The van der Waals surface area contributed by atoms with E-state index in [0.717, 1.165) is 44.8 Å². The molecule has 0 aliphatic carbocycles. The number of carbonyl (C=O) groups excluding carboxylic acids is 3. The molecule has 0 spiro atoms. The number of nitrogens with zero attached hydrogens (tertiary/aromatic N) is 4. The van der Waals surface area contributed by atoms with Gasteiger partial charge in [0.15, 0.2) is 0 Å². The molecule has 296 valence electrons. The fourth-order valence-corrected chi connectivity index (χ4v) is 7.17. The number of hydrogen-bond acceptors (Lipinski definition) is 7. The van der Waals surface area contributed by atoms with Gasteiger partial charge in [0.2, 0.25) is 11.8 Å². The first kappa shape index (κ1) is 40.1. The third-order valence-electron chi connectivity index (χ3n) is 10.2. The van der Waals surface area contributed by atoms with Gasteiger partial charge in [-0.05, 0) is 60.1 Å². The molecule has 2 aliphatic heterocycles. The van der Waals surface area contributed by atoms with E-state index in [-0.39, 0.29) is 35.7 Å². The van der Waals surface area contributed by atoms with Crippen molar-refractivity contribution in [2.75, 3.05) is 20.2 Å². The second kappa shape index (κ2) is 17.0. The average molecular weight is 773 g/mol. The highest BCUT2D eigenvalue weighted by Crippen LogP contribution is 2.36. The van der Waals surface area contributed by atoms with Gasteiger partial charge in [0.05, 0.1) is 43.0 Å². The first-order valence-electron chi connectivity index (χ1n) is 18.8. The maximum absolute atomic E-state index is 13.6. The smallest absolute Gasteiger partial charge is 0.407 e. The molecular formula is C43H48N8O6. The lowest BCUT2D eigenvalue weighted by atomic mass is 10.0. The number of benzene rings is 2. The Labute approximate surface area is 331 Å². The summed E-state index contributed by atoms with van der Waals surface area (Å²) < 4.78 is 4.74. The first-order valence-corrected chi connectivity index (χ1v) is 18.8. The van der Waals surface area contributed by atoms with Gasteiger partial charge >= 0.3 is 12.2 Å². The van der Waals surface area contributed by atoms with Crippen LogP contribution in [0.1, 0.15) is 75.4 Å². The Kier molecular flexibility index (Phi) is 12.0. The van der Waals surface area contributed by atoms with Crippen LogP contribution < -0.4 is 10.6 Å². The Bertz CT molecular complexity index is 2230. The summed E-state index contributed by atoms with van der Waals surface area (Å²) >= 11 is 0. The SMILES string of the molecule is C=C1C[C@@H](c2ncc(-c3ccc(C#Cc4ccc(-c5cnc([C@@H]6CC(=C)CN6C(=O)[C@@H](NC(=O)OC)C(C)C)[nH]5)cc4)cc3)[nH]2)N(C(=O)[C@@H](NC(=O)O)C(C)C)C1. The standard InChI is InChI=1S/C43H48N8O6/c1-24(2)36(48-42(54)55)40(52)50-22-26(5)18-34(50)38-44-20-32(46-38)30-14-10-28(11-15-30)8-9-29-12-16-31(17-13-29)33-21-45-39(47-33)35-19-27(6)23-51(35)41(53)37(25(3)4)49-43(56)57-7/h10-17,20-21,24-25,34-37,48H,5-6,18-19,22-23H2,1-4,7H3,(H,44,46)(H,45,47)(H,49,56)(H,54,55)/t34-,35-,36-,37-/m0/s1. The molecule has 14 nitrogen and oxygen atoms in total. The van der Waals surface area contributed by atoms with Crippen LogP contribution in [0.2, 0.25) is 0 Å². The monoisotopic (exact) mass is 772 g/mol. The number of methoxy groups -OCH3 is 1. The third kappa shape index (κ3) is 9.10. The summed E-state index contributed by atoms with van der Waals surface area (Å²) in [5, 5.41) is 14.3. The van der Waals surface area contributed by atoms with Gasteiger partial charge in [-0.3, -0.25) is 9.59 Å². The molecule has 0 radical (unpaired) electrons. The molecule has 2 aliphatic rings. The lowest BCUT2D eigenvalue weighted by Crippen LogP contribution is -2.51. The van der Waals surface area contributed by atoms with Gasteiger partial charge in [-0.15, -0.1) is 0 Å². The van der Waals surface area contributed by atoms with Crippen molar-refractivity contribution in [2.24, 2.45) is 11.8 Å². The van der Waals surface area contributed by atoms with Crippen LogP contribution in [0.5, 0.6) is 0 Å². The number of carbonyl (C=O) groups is 4. The number of aromatic amines is 2. The zero-order valence-electron chi connectivity index (χ0n) is 32.8. The number of H-pyrrole nitrogens is 2. The second-order valence-corrected chi connectivity index (χ2v) is 15.2. The van der Waals surface area contributed by atoms with E-state index in [1.807, 2.05) is 62.4 Å². The molecule has 4 amide bonds. The summed E-state index contributed by atoms with van der Waals surface area (Å²) in [5.74, 6) is 6.80. The summed E-state index contributed by atoms with van der Waals surface area (Å²) in [4.78, 5) is 69.7. The van der Waals surface area contributed by atoms with E-state index in [4.69, 9.17) is 4.74 Å². The molecule has 14 heteroatoms. The summed E-state index contributed by atoms with van der Waals surface area (Å²) in [6, 6.07) is 13.2. The summed E-state index contributed by atoms with van der Waals surface area (Å²) in [6.45, 7) is 16.3. The van der Waals surface area contributed by atoms with Gasteiger partial charge in [-0.2, -0.15) is 0 Å². The molecule has 0 unspecified atom stereocenters. The summed E-state index contributed by atoms with van der Waals surface area (Å²) in [5.41, 5.74) is 6.83. The predicted octanol–water partition coefficient (Wildman–Crippen LogP) is 6.20. The van der Waals surface area contributed by atoms with Crippen molar-refractivity contribution in [3.05, 3.63) is 108 Å². The molecule has 6 rings (SSSR count). The molecule has 57 heavy (non-hydrogen) atoms. The Balaban J connectivity index is 1.10. The van der Waals surface area contributed by atoms with Gasteiger partial charge in [0.25, 0.3) is 0 Å². The molecule has 2 aromatic heterocycles. The van der Waals surface area contributed by atoms with Crippen LogP contribution in [0.25, 0.3) is 22.5 Å². The first-order chi connectivity index (χ1) is 27.2. The van der Waals surface area contributed by atoms with Crippen LogP contribution in [0.4, 0.5) is 9.59 Å². The molecule has 2 aromatic carbocycles. The van der Waals surface area contributed by atoms with Crippen LogP contribution in [-0.4, -0.2) is 91.1 Å². The molecule has 4 atom stereocenters. The Morgan fingerprint density at radius 1 is 0.737 bits per heavy atom. The minimum atomic E-state index is -1.24. The van der Waals surface area contributed by atoms with Gasteiger partial charge in [0.1, 0.15) is 23.7 Å². The van der Waals surface area contributed by atoms with Gasteiger partial charge in [-0.1, -0.05) is 88.1 Å². The molecule has 5 N–H and O–H groups in total. The highest BCUT2D eigenvalue weighted by molar-refractivity contribution is 5.87. The van der Waals surface area contributed by atoms with Crippen molar-refractivity contribution in [3.63, 3.8) is 0 Å². The van der Waals surface area contributed by atoms with Crippen molar-refractivity contribution >= 4 is 24.0 Å². The zero-order chi connectivity index (χ0) is 41.0. The van der Waals surface area contributed by atoms with Crippen LogP contribution in [0.3, 0.4) is 0 Å². The van der Waals surface area contributed by atoms with Gasteiger partial charge < -0.3 is 40.2 Å². The zero-order valence-corrected chi connectivity index (χ0v) is 32.8. The summed E-state index contributed by atoms with van der Waals surface area (Å²) in [7, 11) is 1.27. The number of rotatable bonds is 10. The number of ether oxygens (including phenoxy) is 1. The Morgan fingerprint density at radius 3 is 1.51 bits per heavy atom. The van der Waals surface area contributed by atoms with Crippen molar-refractivity contribution in [1.82, 2.24) is 40.4 Å². The van der Waals surface area contributed by atoms with Crippen molar-refractivity contribution in [2.45, 2.75) is 64.7 Å². The minimum absolute atomic E-state index is 0.150. The normalized spacial score (nSPS) is 17.7. The highest BCUT2D eigenvalue weighted by Gasteiger charge is 2.40. The Morgan fingerprint density at radius 2 is 1.14 bits per heavy atom. The third-order valence-corrected chi connectivity index (χ3v) is 10.2. The van der Waals surface area contributed by atoms with E-state index in [0.29, 0.717) is 37.6 Å². The number of imidazole rings is 2. The molecule has 4 heterocycles. The molecule has 2 saturated heterocycles. The van der Waals surface area contributed by atoms with E-state index in [9.17, 15) is 24.3 Å². The second-order valence-electron chi connectivity index (χ2n) is 15.2. The number of carboxylic acid groups (broad SMARTS) is 1. The number of likely N-dealkylation sites (tertiary alicyclic amines) is 2. The Hall–Kier alpha value is -6.62. The molecule has 0 bridgehead atoms. The molecule has 2 fully saturated rings. The molecule has 0 saturated carbocycles. The molecule has 4 aromatic rings.